The van der Waals surface area contributed by atoms with E-state index in [1.165, 1.54) is 11.1 Å². The highest BCUT2D eigenvalue weighted by molar-refractivity contribution is 5.97. The Kier molecular flexibility index (Phi) is 3.83. The van der Waals surface area contributed by atoms with Gasteiger partial charge in [-0.1, -0.05) is 24.3 Å². The van der Waals surface area contributed by atoms with E-state index in [0.29, 0.717) is 12.6 Å². The number of amides is 1. The molecule has 4 rings (SSSR count). The minimum Gasteiger partial charge on any atom is -0.334 e. The molecule has 1 aromatic heterocycles. The molecule has 0 saturated carbocycles. The Morgan fingerprint density at radius 2 is 1.88 bits per heavy atom. The zero-order valence-corrected chi connectivity index (χ0v) is 15.0. The maximum Gasteiger partial charge on any atom is 0.254 e. The van der Waals surface area contributed by atoms with Crippen LogP contribution < -0.4 is 0 Å². The van der Waals surface area contributed by atoms with E-state index in [1.807, 2.05) is 36.1 Å². The molecule has 2 heterocycles. The van der Waals surface area contributed by atoms with Gasteiger partial charge in [0.25, 0.3) is 5.91 Å². The average Bonchev–Trinajstić information content (AvgIpc) is 2.95. The van der Waals surface area contributed by atoms with Crippen LogP contribution in [-0.4, -0.2) is 26.9 Å². The molecule has 25 heavy (non-hydrogen) atoms. The summed E-state index contributed by atoms with van der Waals surface area (Å²) in [5.41, 5.74) is 5.32. The Balaban J connectivity index is 1.65. The standard InChI is InChI=1S/C21H23N3O/c1-14(2)24-15(3)22-19-12-17(8-9-20(19)24)21(25)23-11-10-16-6-4-5-7-18(16)13-23/h4-9,12,14H,10-11,13H2,1-3H3. The van der Waals surface area contributed by atoms with E-state index in [1.54, 1.807) is 0 Å². The van der Waals surface area contributed by atoms with E-state index in [0.717, 1.165) is 35.4 Å². The number of rotatable bonds is 2. The summed E-state index contributed by atoms with van der Waals surface area (Å²) in [4.78, 5) is 19.6. The van der Waals surface area contributed by atoms with Gasteiger partial charge in [0.05, 0.1) is 11.0 Å². The lowest BCUT2D eigenvalue weighted by molar-refractivity contribution is 0.0735. The molecule has 0 atom stereocenters. The van der Waals surface area contributed by atoms with Crippen LogP contribution in [0.2, 0.25) is 0 Å². The first-order chi connectivity index (χ1) is 12.0. The average molecular weight is 333 g/mol. The van der Waals surface area contributed by atoms with Gasteiger partial charge < -0.3 is 9.47 Å². The molecule has 0 bridgehead atoms. The molecule has 0 spiro atoms. The fraction of sp³-hybridized carbons (Fsp3) is 0.333. The van der Waals surface area contributed by atoms with Crippen molar-refractivity contribution in [2.75, 3.05) is 6.54 Å². The van der Waals surface area contributed by atoms with Gasteiger partial charge in [0, 0.05) is 24.7 Å². The number of hydrogen-bond donors (Lipinski definition) is 0. The van der Waals surface area contributed by atoms with Crippen molar-refractivity contribution in [1.29, 1.82) is 0 Å². The molecule has 128 valence electrons. The lowest BCUT2D eigenvalue weighted by atomic mass is 9.99. The molecule has 4 nitrogen and oxygen atoms in total. The fourth-order valence-electron chi connectivity index (χ4n) is 3.86. The molecule has 3 aromatic rings. The van der Waals surface area contributed by atoms with Crippen LogP contribution in [0, 0.1) is 6.92 Å². The smallest absolute Gasteiger partial charge is 0.254 e. The Morgan fingerprint density at radius 1 is 1.12 bits per heavy atom. The molecule has 1 aliphatic rings. The highest BCUT2D eigenvalue weighted by atomic mass is 16.2. The number of nitrogens with zero attached hydrogens (tertiary/aromatic N) is 3. The van der Waals surface area contributed by atoms with Gasteiger partial charge in [-0.05, 0) is 56.5 Å². The van der Waals surface area contributed by atoms with Crippen LogP contribution in [0.15, 0.2) is 42.5 Å². The van der Waals surface area contributed by atoms with Crippen molar-refractivity contribution in [3.63, 3.8) is 0 Å². The molecular weight excluding hydrogens is 310 g/mol. The Labute approximate surface area is 148 Å². The molecule has 0 unspecified atom stereocenters. The van der Waals surface area contributed by atoms with Crippen molar-refractivity contribution in [3.8, 4) is 0 Å². The largest absolute Gasteiger partial charge is 0.334 e. The topological polar surface area (TPSA) is 38.1 Å². The van der Waals surface area contributed by atoms with Crippen LogP contribution in [0.25, 0.3) is 11.0 Å². The van der Waals surface area contributed by atoms with Crippen LogP contribution in [0.3, 0.4) is 0 Å². The third-order valence-corrected chi connectivity index (χ3v) is 5.05. The first kappa shape index (κ1) is 15.9. The van der Waals surface area contributed by atoms with Gasteiger partial charge in [0.2, 0.25) is 0 Å². The second-order valence-electron chi connectivity index (χ2n) is 7.07. The van der Waals surface area contributed by atoms with Crippen molar-refractivity contribution >= 4 is 16.9 Å². The highest BCUT2D eigenvalue weighted by Gasteiger charge is 2.22. The molecule has 1 aliphatic heterocycles. The second kappa shape index (κ2) is 6.03. The Morgan fingerprint density at radius 3 is 2.64 bits per heavy atom. The summed E-state index contributed by atoms with van der Waals surface area (Å²) in [6.07, 6.45) is 0.922. The van der Waals surface area contributed by atoms with Crippen LogP contribution in [0.5, 0.6) is 0 Å². The second-order valence-corrected chi connectivity index (χ2v) is 7.07. The van der Waals surface area contributed by atoms with E-state index in [-0.39, 0.29) is 5.91 Å². The Bertz CT molecular complexity index is 955. The molecular formula is C21H23N3O. The van der Waals surface area contributed by atoms with Crippen molar-refractivity contribution in [1.82, 2.24) is 14.5 Å². The minimum absolute atomic E-state index is 0.0909. The summed E-state index contributed by atoms with van der Waals surface area (Å²) >= 11 is 0. The summed E-state index contributed by atoms with van der Waals surface area (Å²) in [6, 6.07) is 14.6. The predicted octanol–water partition coefficient (Wildman–Crippen LogP) is 4.12. The van der Waals surface area contributed by atoms with E-state index in [2.05, 4.69) is 41.6 Å². The number of aryl methyl sites for hydroxylation is 1. The third kappa shape index (κ3) is 2.72. The van der Waals surface area contributed by atoms with Gasteiger partial charge in [0.15, 0.2) is 0 Å². The number of fused-ring (bicyclic) bond motifs is 2. The first-order valence-electron chi connectivity index (χ1n) is 8.89. The number of benzene rings is 2. The zero-order chi connectivity index (χ0) is 17.6. The Hall–Kier alpha value is -2.62. The first-order valence-corrected chi connectivity index (χ1v) is 8.89. The van der Waals surface area contributed by atoms with Gasteiger partial charge >= 0.3 is 0 Å². The molecule has 0 saturated heterocycles. The number of hydrogen-bond acceptors (Lipinski definition) is 2. The predicted molar refractivity (Wildman–Crippen MR) is 99.7 cm³/mol. The number of carbonyl (C=O) groups excluding carboxylic acids is 1. The molecule has 1 amide bonds. The third-order valence-electron chi connectivity index (χ3n) is 5.05. The van der Waals surface area contributed by atoms with Crippen molar-refractivity contribution in [2.24, 2.45) is 0 Å². The van der Waals surface area contributed by atoms with Gasteiger partial charge in [-0.3, -0.25) is 4.79 Å². The highest BCUT2D eigenvalue weighted by Crippen LogP contribution is 2.24. The minimum atomic E-state index is 0.0909. The maximum absolute atomic E-state index is 13.0. The van der Waals surface area contributed by atoms with Gasteiger partial charge in [-0.15, -0.1) is 0 Å². The zero-order valence-electron chi connectivity index (χ0n) is 15.0. The van der Waals surface area contributed by atoms with Crippen molar-refractivity contribution in [3.05, 3.63) is 65.0 Å². The normalized spacial score (nSPS) is 14.2. The van der Waals surface area contributed by atoms with E-state index in [9.17, 15) is 4.79 Å². The molecule has 0 fully saturated rings. The SMILES string of the molecule is Cc1nc2cc(C(=O)N3CCc4ccccc4C3)ccc2n1C(C)C. The maximum atomic E-state index is 13.0. The summed E-state index contributed by atoms with van der Waals surface area (Å²) in [5.74, 6) is 1.08. The summed E-state index contributed by atoms with van der Waals surface area (Å²) in [7, 11) is 0. The summed E-state index contributed by atoms with van der Waals surface area (Å²) in [5, 5.41) is 0. The van der Waals surface area contributed by atoms with E-state index in [4.69, 9.17) is 0 Å². The van der Waals surface area contributed by atoms with Crippen molar-refractivity contribution in [2.45, 2.75) is 39.8 Å². The lowest BCUT2D eigenvalue weighted by Gasteiger charge is -2.29. The van der Waals surface area contributed by atoms with Crippen LogP contribution in [-0.2, 0) is 13.0 Å². The monoisotopic (exact) mass is 333 g/mol. The van der Waals surface area contributed by atoms with Gasteiger partial charge in [-0.2, -0.15) is 0 Å². The van der Waals surface area contributed by atoms with Gasteiger partial charge in [-0.25, -0.2) is 4.98 Å². The number of carbonyl (C=O) groups is 1. The molecule has 2 aromatic carbocycles. The fourth-order valence-corrected chi connectivity index (χ4v) is 3.86. The molecule has 0 N–H and O–H groups in total. The molecule has 0 radical (unpaired) electrons. The van der Waals surface area contributed by atoms with Gasteiger partial charge in [0.1, 0.15) is 5.82 Å². The molecule has 0 aliphatic carbocycles. The molecule has 4 heteroatoms. The van der Waals surface area contributed by atoms with Crippen LogP contribution in [0.1, 0.15) is 47.2 Å². The van der Waals surface area contributed by atoms with Crippen molar-refractivity contribution < 1.29 is 4.79 Å². The van der Waals surface area contributed by atoms with Crippen LogP contribution >= 0.6 is 0 Å². The number of aromatic nitrogens is 2. The number of imidazole rings is 1. The quantitative estimate of drug-likeness (QED) is 0.707. The van der Waals surface area contributed by atoms with E-state index < -0.39 is 0 Å². The summed E-state index contributed by atoms with van der Waals surface area (Å²) in [6.45, 7) is 7.78. The van der Waals surface area contributed by atoms with E-state index >= 15 is 0 Å². The summed E-state index contributed by atoms with van der Waals surface area (Å²) < 4.78 is 2.21. The lowest BCUT2D eigenvalue weighted by Crippen LogP contribution is -2.35. The van der Waals surface area contributed by atoms with Crippen LogP contribution in [0.4, 0.5) is 0 Å².